The second-order valence-corrected chi connectivity index (χ2v) is 4.89. The van der Waals surface area contributed by atoms with Crippen molar-refractivity contribution in [2.24, 2.45) is 5.92 Å². The van der Waals surface area contributed by atoms with E-state index in [0.29, 0.717) is 17.9 Å². The molecule has 3 nitrogen and oxygen atoms in total. The van der Waals surface area contributed by atoms with E-state index in [9.17, 15) is 4.79 Å². The zero-order chi connectivity index (χ0) is 11.3. The number of likely N-dealkylation sites (N-methyl/N-ethyl adjacent to an activating group) is 1. The van der Waals surface area contributed by atoms with E-state index in [1.807, 2.05) is 18.0 Å². The topological polar surface area (TPSA) is 40.5 Å². The number of rotatable bonds is 3. The van der Waals surface area contributed by atoms with Gasteiger partial charge in [0.1, 0.15) is 0 Å². The molecule has 1 fully saturated rings. The van der Waals surface area contributed by atoms with Crippen LogP contribution in [0.1, 0.15) is 29.5 Å². The van der Waals surface area contributed by atoms with E-state index >= 15 is 0 Å². The molecule has 1 saturated carbocycles. The maximum Gasteiger partial charge on any atom is 0.317 e. The van der Waals surface area contributed by atoms with Crippen molar-refractivity contribution in [2.45, 2.75) is 18.4 Å². The lowest BCUT2D eigenvalue weighted by atomic mass is 10.0. The maximum absolute atomic E-state index is 10.8. The second kappa shape index (κ2) is 3.32. The molecule has 0 saturated heterocycles. The number of aliphatic carboxylic acids is 1. The van der Waals surface area contributed by atoms with Crippen LogP contribution in [-0.2, 0) is 4.79 Å². The molecule has 3 atom stereocenters. The molecule has 0 radical (unpaired) electrons. The third-order valence-electron chi connectivity index (χ3n) is 3.82. The second-order valence-electron chi connectivity index (χ2n) is 4.89. The first-order valence-electron chi connectivity index (χ1n) is 5.69. The molecule has 3 unspecified atom stereocenters. The molecule has 3 heteroatoms. The molecule has 1 aromatic rings. The number of carboxylic acid groups (broad SMARTS) is 1. The monoisotopic (exact) mass is 217 g/mol. The third-order valence-corrected chi connectivity index (χ3v) is 3.82. The van der Waals surface area contributed by atoms with Crippen LogP contribution in [0.15, 0.2) is 24.3 Å². The van der Waals surface area contributed by atoms with Crippen molar-refractivity contribution in [3.05, 3.63) is 35.4 Å². The van der Waals surface area contributed by atoms with Gasteiger partial charge in [-0.1, -0.05) is 24.3 Å². The summed E-state index contributed by atoms with van der Waals surface area (Å²) < 4.78 is 0. The van der Waals surface area contributed by atoms with Gasteiger partial charge in [0.25, 0.3) is 0 Å². The average Bonchev–Trinajstić information content (AvgIpc) is 2.93. The third kappa shape index (κ3) is 1.35. The first kappa shape index (κ1) is 9.85. The summed E-state index contributed by atoms with van der Waals surface area (Å²) in [5.74, 6) is 0.600. The molecular formula is C13H15NO2. The van der Waals surface area contributed by atoms with Crippen LogP contribution >= 0.6 is 0 Å². The van der Waals surface area contributed by atoms with E-state index in [1.165, 1.54) is 17.5 Å². The van der Waals surface area contributed by atoms with Gasteiger partial charge in [-0.15, -0.1) is 0 Å². The van der Waals surface area contributed by atoms with Gasteiger partial charge in [0.15, 0.2) is 0 Å². The van der Waals surface area contributed by atoms with Gasteiger partial charge < -0.3 is 5.11 Å². The van der Waals surface area contributed by atoms with Crippen molar-refractivity contribution < 1.29 is 9.90 Å². The van der Waals surface area contributed by atoms with Gasteiger partial charge in [-0.25, -0.2) is 0 Å². The minimum Gasteiger partial charge on any atom is -0.480 e. The Morgan fingerprint density at radius 1 is 1.44 bits per heavy atom. The SMILES string of the molecule is CN(CC(=O)O)C1c2ccccc2C2CC21. The molecule has 84 valence electrons. The predicted octanol–water partition coefficient (Wildman–Crippen LogP) is 1.86. The average molecular weight is 217 g/mol. The number of benzene rings is 1. The van der Waals surface area contributed by atoms with Crippen LogP contribution in [0.4, 0.5) is 0 Å². The van der Waals surface area contributed by atoms with Crippen molar-refractivity contribution in [2.75, 3.05) is 13.6 Å². The van der Waals surface area contributed by atoms with Crippen LogP contribution in [0.3, 0.4) is 0 Å². The van der Waals surface area contributed by atoms with E-state index in [4.69, 9.17) is 5.11 Å². The van der Waals surface area contributed by atoms with Crippen molar-refractivity contribution >= 4 is 5.97 Å². The van der Waals surface area contributed by atoms with Gasteiger partial charge in [0.2, 0.25) is 0 Å². The highest BCUT2D eigenvalue weighted by Crippen LogP contribution is 2.63. The van der Waals surface area contributed by atoms with Gasteiger partial charge in [-0.3, -0.25) is 9.69 Å². The highest BCUT2D eigenvalue weighted by Gasteiger charge is 2.52. The summed E-state index contributed by atoms with van der Waals surface area (Å²) in [4.78, 5) is 12.7. The lowest BCUT2D eigenvalue weighted by Gasteiger charge is -2.25. The minimum atomic E-state index is -0.746. The summed E-state index contributed by atoms with van der Waals surface area (Å²) in [6, 6.07) is 8.77. The van der Waals surface area contributed by atoms with E-state index < -0.39 is 5.97 Å². The molecule has 0 amide bonds. The lowest BCUT2D eigenvalue weighted by molar-refractivity contribution is -0.138. The number of hydrogen-bond donors (Lipinski definition) is 1. The van der Waals surface area contributed by atoms with Crippen molar-refractivity contribution in [1.29, 1.82) is 0 Å². The van der Waals surface area contributed by atoms with Crippen LogP contribution < -0.4 is 0 Å². The zero-order valence-electron chi connectivity index (χ0n) is 9.26. The first-order chi connectivity index (χ1) is 7.68. The summed E-state index contributed by atoms with van der Waals surface area (Å²) in [6.07, 6.45) is 1.23. The Hall–Kier alpha value is -1.35. The Kier molecular flexibility index (Phi) is 2.04. The number of carboxylic acids is 1. The fourth-order valence-corrected chi connectivity index (χ4v) is 3.15. The van der Waals surface area contributed by atoms with Crippen LogP contribution in [-0.4, -0.2) is 29.6 Å². The lowest BCUT2D eigenvalue weighted by Crippen LogP contribution is -2.30. The number of nitrogens with zero attached hydrogens (tertiary/aromatic N) is 1. The molecule has 16 heavy (non-hydrogen) atoms. The van der Waals surface area contributed by atoms with Crippen LogP contribution in [0, 0.1) is 5.92 Å². The molecule has 1 N–H and O–H groups in total. The van der Waals surface area contributed by atoms with Gasteiger partial charge >= 0.3 is 5.97 Å². The molecule has 0 aromatic heterocycles. The van der Waals surface area contributed by atoms with Crippen LogP contribution in [0.25, 0.3) is 0 Å². The molecule has 1 aromatic carbocycles. The highest BCUT2D eigenvalue weighted by atomic mass is 16.4. The van der Waals surface area contributed by atoms with Gasteiger partial charge in [0, 0.05) is 6.04 Å². The summed E-state index contributed by atoms with van der Waals surface area (Å²) in [5.41, 5.74) is 2.78. The first-order valence-corrected chi connectivity index (χ1v) is 5.69. The Bertz CT molecular complexity index is 443. The smallest absolute Gasteiger partial charge is 0.317 e. The number of hydrogen-bond acceptors (Lipinski definition) is 2. The van der Waals surface area contributed by atoms with E-state index in [-0.39, 0.29) is 6.54 Å². The van der Waals surface area contributed by atoms with Crippen LogP contribution in [0.2, 0.25) is 0 Å². The van der Waals surface area contributed by atoms with Crippen LogP contribution in [0.5, 0.6) is 0 Å². The summed E-state index contributed by atoms with van der Waals surface area (Å²) in [5, 5.41) is 8.85. The van der Waals surface area contributed by atoms with E-state index in [2.05, 4.69) is 18.2 Å². The molecule has 2 aliphatic rings. The summed E-state index contributed by atoms with van der Waals surface area (Å²) in [7, 11) is 1.91. The Morgan fingerprint density at radius 3 is 2.81 bits per heavy atom. The normalized spacial score (nSPS) is 30.0. The fraction of sp³-hybridized carbons (Fsp3) is 0.462. The Morgan fingerprint density at radius 2 is 2.12 bits per heavy atom. The summed E-state index contributed by atoms with van der Waals surface area (Å²) >= 11 is 0. The molecule has 3 rings (SSSR count). The molecule has 0 aliphatic heterocycles. The number of carbonyl (C=O) groups is 1. The minimum absolute atomic E-state index is 0.127. The predicted molar refractivity (Wildman–Crippen MR) is 60.3 cm³/mol. The number of fused-ring (bicyclic) bond motifs is 3. The Balaban J connectivity index is 1.90. The highest BCUT2D eigenvalue weighted by molar-refractivity contribution is 5.69. The molecular weight excluding hydrogens is 202 g/mol. The van der Waals surface area contributed by atoms with Gasteiger partial charge in [0.05, 0.1) is 6.54 Å². The Labute approximate surface area is 94.7 Å². The standard InChI is InChI=1S/C13H15NO2/c1-14(7-12(15)16)13-9-5-3-2-4-8(9)10-6-11(10)13/h2-5,10-11,13H,6-7H2,1H3,(H,15,16). The van der Waals surface area contributed by atoms with E-state index in [0.717, 1.165) is 0 Å². The van der Waals surface area contributed by atoms with Crippen molar-refractivity contribution in [1.82, 2.24) is 4.90 Å². The fourth-order valence-electron chi connectivity index (χ4n) is 3.15. The van der Waals surface area contributed by atoms with E-state index in [1.54, 1.807) is 0 Å². The zero-order valence-corrected chi connectivity index (χ0v) is 9.26. The molecule has 0 heterocycles. The van der Waals surface area contributed by atoms with Gasteiger partial charge in [-0.2, -0.15) is 0 Å². The van der Waals surface area contributed by atoms with Crippen molar-refractivity contribution in [3.63, 3.8) is 0 Å². The largest absolute Gasteiger partial charge is 0.480 e. The maximum atomic E-state index is 10.8. The molecule has 2 aliphatic carbocycles. The molecule has 0 bridgehead atoms. The quantitative estimate of drug-likeness (QED) is 0.840. The van der Waals surface area contributed by atoms with Gasteiger partial charge in [-0.05, 0) is 36.4 Å². The molecule has 0 spiro atoms. The van der Waals surface area contributed by atoms with Crippen molar-refractivity contribution in [3.8, 4) is 0 Å². The summed E-state index contributed by atoms with van der Waals surface area (Å²) in [6.45, 7) is 0.127.